The van der Waals surface area contributed by atoms with Gasteiger partial charge in [-0.1, -0.05) is 13.8 Å². The maximum absolute atomic E-state index is 5.26. The van der Waals surface area contributed by atoms with Gasteiger partial charge in [0.05, 0.1) is 12.7 Å². The molecule has 0 saturated heterocycles. The number of methoxy groups -OCH3 is 1. The molecular formula is C12H21N3O. The molecule has 1 rings (SSSR count). The van der Waals surface area contributed by atoms with E-state index in [0.717, 1.165) is 43.0 Å². The average molecular weight is 223 g/mol. The Morgan fingerprint density at radius 2 is 1.94 bits per heavy atom. The molecule has 4 nitrogen and oxygen atoms in total. The van der Waals surface area contributed by atoms with E-state index in [1.165, 1.54) is 0 Å². The molecule has 1 aromatic heterocycles. The third-order valence-electron chi connectivity index (χ3n) is 2.36. The van der Waals surface area contributed by atoms with Crippen LogP contribution in [0.15, 0.2) is 0 Å². The van der Waals surface area contributed by atoms with Gasteiger partial charge in [-0.2, -0.15) is 4.98 Å². The van der Waals surface area contributed by atoms with Crippen molar-refractivity contribution in [3.8, 4) is 5.88 Å². The van der Waals surface area contributed by atoms with Crippen LogP contribution in [0, 0.1) is 6.92 Å². The summed E-state index contributed by atoms with van der Waals surface area (Å²) < 4.78 is 5.26. The number of anilines is 1. The first kappa shape index (κ1) is 12.7. The highest BCUT2D eigenvalue weighted by Crippen LogP contribution is 2.22. The van der Waals surface area contributed by atoms with Crippen molar-refractivity contribution in [3.63, 3.8) is 0 Å². The van der Waals surface area contributed by atoms with Gasteiger partial charge in [-0.3, -0.25) is 0 Å². The Balaban J connectivity index is 2.98. The van der Waals surface area contributed by atoms with E-state index in [-0.39, 0.29) is 0 Å². The van der Waals surface area contributed by atoms with Crippen LogP contribution in [-0.4, -0.2) is 23.6 Å². The molecule has 0 unspecified atom stereocenters. The molecule has 0 spiro atoms. The van der Waals surface area contributed by atoms with Crippen LogP contribution in [0.4, 0.5) is 5.82 Å². The number of hydrogen-bond donors (Lipinski definition) is 1. The fourth-order valence-corrected chi connectivity index (χ4v) is 1.49. The first-order chi connectivity index (χ1) is 7.72. The third kappa shape index (κ3) is 3.08. The van der Waals surface area contributed by atoms with Crippen molar-refractivity contribution in [2.75, 3.05) is 19.0 Å². The molecule has 4 heteroatoms. The van der Waals surface area contributed by atoms with Gasteiger partial charge < -0.3 is 10.1 Å². The predicted octanol–water partition coefficient (Wildman–Crippen LogP) is 2.57. The second kappa shape index (κ2) is 6.30. The number of nitrogens with zero attached hydrogens (tertiary/aromatic N) is 2. The van der Waals surface area contributed by atoms with Crippen molar-refractivity contribution < 1.29 is 4.74 Å². The smallest absolute Gasteiger partial charge is 0.221 e. The number of rotatable bonds is 6. The molecule has 0 fully saturated rings. The van der Waals surface area contributed by atoms with Crippen LogP contribution in [-0.2, 0) is 6.42 Å². The van der Waals surface area contributed by atoms with Crippen LogP contribution >= 0.6 is 0 Å². The fourth-order valence-electron chi connectivity index (χ4n) is 1.49. The lowest BCUT2D eigenvalue weighted by atomic mass is 10.2. The molecule has 0 saturated carbocycles. The summed E-state index contributed by atoms with van der Waals surface area (Å²) in [6.07, 6.45) is 3.01. The van der Waals surface area contributed by atoms with Gasteiger partial charge in [0.25, 0.3) is 0 Å². The van der Waals surface area contributed by atoms with Gasteiger partial charge in [-0.05, 0) is 19.8 Å². The minimum Gasteiger partial charge on any atom is -0.481 e. The molecule has 0 aromatic carbocycles. The largest absolute Gasteiger partial charge is 0.481 e. The minimum atomic E-state index is 0.678. The Morgan fingerprint density at radius 3 is 2.50 bits per heavy atom. The van der Waals surface area contributed by atoms with Gasteiger partial charge in [0.15, 0.2) is 0 Å². The molecule has 16 heavy (non-hydrogen) atoms. The molecule has 1 aromatic rings. The Kier molecular flexibility index (Phi) is 5.02. The predicted molar refractivity (Wildman–Crippen MR) is 66.1 cm³/mol. The second-order valence-electron chi connectivity index (χ2n) is 3.80. The summed E-state index contributed by atoms with van der Waals surface area (Å²) >= 11 is 0. The van der Waals surface area contributed by atoms with Crippen LogP contribution < -0.4 is 10.1 Å². The van der Waals surface area contributed by atoms with Crippen molar-refractivity contribution in [3.05, 3.63) is 11.4 Å². The van der Waals surface area contributed by atoms with Crippen LogP contribution in [0.3, 0.4) is 0 Å². The van der Waals surface area contributed by atoms with Crippen LogP contribution in [0.5, 0.6) is 5.88 Å². The molecule has 0 bridgehead atoms. The van der Waals surface area contributed by atoms with Crippen molar-refractivity contribution >= 4 is 5.82 Å². The molecule has 0 aliphatic carbocycles. The molecule has 0 atom stereocenters. The highest BCUT2D eigenvalue weighted by molar-refractivity contribution is 5.48. The number of aromatic nitrogens is 2. The van der Waals surface area contributed by atoms with Gasteiger partial charge in [-0.25, -0.2) is 4.98 Å². The Labute approximate surface area is 97.5 Å². The zero-order chi connectivity index (χ0) is 12.0. The highest BCUT2D eigenvalue weighted by atomic mass is 16.5. The number of hydrogen-bond acceptors (Lipinski definition) is 4. The fraction of sp³-hybridized carbons (Fsp3) is 0.667. The molecule has 0 amide bonds. The van der Waals surface area contributed by atoms with Gasteiger partial charge in [-0.15, -0.1) is 0 Å². The maximum atomic E-state index is 5.26. The molecular weight excluding hydrogens is 202 g/mol. The molecule has 0 radical (unpaired) electrons. The SMILES string of the molecule is CCCNc1nc(CCC)nc(OC)c1C. The summed E-state index contributed by atoms with van der Waals surface area (Å²) in [5, 5.41) is 3.31. The number of ether oxygens (including phenoxy) is 1. The third-order valence-corrected chi connectivity index (χ3v) is 2.36. The van der Waals surface area contributed by atoms with Crippen molar-refractivity contribution in [1.29, 1.82) is 0 Å². The zero-order valence-corrected chi connectivity index (χ0v) is 10.6. The van der Waals surface area contributed by atoms with E-state index in [1.807, 2.05) is 6.92 Å². The molecule has 1 heterocycles. The molecule has 1 N–H and O–H groups in total. The van der Waals surface area contributed by atoms with Crippen molar-refractivity contribution in [2.45, 2.75) is 40.0 Å². The first-order valence-corrected chi connectivity index (χ1v) is 5.88. The summed E-state index contributed by atoms with van der Waals surface area (Å²) in [6.45, 7) is 7.15. The van der Waals surface area contributed by atoms with Gasteiger partial charge in [0, 0.05) is 13.0 Å². The normalized spacial score (nSPS) is 10.2. The van der Waals surface area contributed by atoms with E-state index >= 15 is 0 Å². The van der Waals surface area contributed by atoms with Crippen LogP contribution in [0.1, 0.15) is 38.1 Å². The van der Waals surface area contributed by atoms with Gasteiger partial charge in [0.2, 0.25) is 5.88 Å². The van der Waals surface area contributed by atoms with E-state index in [4.69, 9.17) is 4.74 Å². The average Bonchev–Trinajstić information content (AvgIpc) is 2.29. The topological polar surface area (TPSA) is 47.0 Å². The van der Waals surface area contributed by atoms with Crippen LogP contribution in [0.2, 0.25) is 0 Å². The van der Waals surface area contributed by atoms with Crippen LogP contribution in [0.25, 0.3) is 0 Å². The molecule has 90 valence electrons. The summed E-state index contributed by atoms with van der Waals surface area (Å²) in [7, 11) is 1.65. The summed E-state index contributed by atoms with van der Waals surface area (Å²) in [5.74, 6) is 2.43. The standard InChI is InChI=1S/C12H21N3O/c1-5-7-10-14-11(13-8-6-2)9(3)12(15-10)16-4/h5-8H2,1-4H3,(H,13,14,15). The number of nitrogens with one attached hydrogen (secondary N) is 1. The van der Waals surface area contributed by atoms with E-state index < -0.39 is 0 Å². The van der Waals surface area contributed by atoms with E-state index in [0.29, 0.717) is 5.88 Å². The lowest BCUT2D eigenvalue weighted by Crippen LogP contribution is -2.09. The minimum absolute atomic E-state index is 0.678. The first-order valence-electron chi connectivity index (χ1n) is 5.88. The maximum Gasteiger partial charge on any atom is 0.221 e. The van der Waals surface area contributed by atoms with E-state index in [2.05, 4.69) is 29.1 Å². The Hall–Kier alpha value is -1.32. The van der Waals surface area contributed by atoms with Crippen molar-refractivity contribution in [2.24, 2.45) is 0 Å². The van der Waals surface area contributed by atoms with Gasteiger partial charge in [0.1, 0.15) is 11.6 Å². The summed E-state index contributed by atoms with van der Waals surface area (Å²) in [5.41, 5.74) is 0.982. The number of aryl methyl sites for hydroxylation is 1. The van der Waals surface area contributed by atoms with E-state index in [9.17, 15) is 0 Å². The molecule has 0 aliphatic rings. The monoisotopic (exact) mass is 223 g/mol. The zero-order valence-electron chi connectivity index (χ0n) is 10.6. The van der Waals surface area contributed by atoms with Crippen molar-refractivity contribution in [1.82, 2.24) is 9.97 Å². The summed E-state index contributed by atoms with van der Waals surface area (Å²) in [4.78, 5) is 8.88. The lowest BCUT2D eigenvalue weighted by Gasteiger charge is -2.12. The van der Waals surface area contributed by atoms with E-state index in [1.54, 1.807) is 7.11 Å². The second-order valence-corrected chi connectivity index (χ2v) is 3.80. The highest BCUT2D eigenvalue weighted by Gasteiger charge is 2.10. The van der Waals surface area contributed by atoms with Gasteiger partial charge >= 0.3 is 0 Å². The summed E-state index contributed by atoms with van der Waals surface area (Å²) in [6, 6.07) is 0. The quantitative estimate of drug-likeness (QED) is 0.805. The Bertz CT molecular complexity index is 339. The lowest BCUT2D eigenvalue weighted by molar-refractivity contribution is 0.391. The molecule has 0 aliphatic heterocycles. The Morgan fingerprint density at radius 1 is 1.19 bits per heavy atom.